The predicted octanol–water partition coefficient (Wildman–Crippen LogP) is 13.1. The van der Waals surface area contributed by atoms with Crippen LogP contribution in [0.2, 0.25) is 0 Å². The van der Waals surface area contributed by atoms with E-state index in [9.17, 15) is 19.5 Å². The van der Waals surface area contributed by atoms with Gasteiger partial charge in [-0.1, -0.05) is 187 Å². The van der Waals surface area contributed by atoms with Gasteiger partial charge < -0.3 is 20.9 Å². The first-order valence-corrected chi connectivity index (χ1v) is 23.0. The molecule has 2 atom stereocenters. The number of amides is 1. The molecule has 0 radical (unpaired) electrons. The number of nitrogens with one attached hydrogen (secondary N) is 1. The third kappa shape index (κ3) is 38.2. The molecule has 0 aliphatic heterocycles. The number of ether oxygens (including phenoxy) is 1. The summed E-state index contributed by atoms with van der Waals surface area (Å²) in [5.41, 5.74) is 5.48. The molecule has 0 aliphatic rings. The normalized spacial score (nSPS) is 12.7. The molecule has 2 unspecified atom stereocenters. The molecule has 312 valence electrons. The number of nitrogens with two attached hydrogens (primary N) is 1. The van der Waals surface area contributed by atoms with Crippen LogP contribution in [0.3, 0.4) is 0 Å². The van der Waals surface area contributed by atoms with E-state index < -0.39 is 12.0 Å². The van der Waals surface area contributed by atoms with E-state index in [1.165, 1.54) is 154 Å². The van der Waals surface area contributed by atoms with E-state index in [2.05, 4.69) is 31.3 Å². The zero-order valence-corrected chi connectivity index (χ0v) is 35.1. The minimum atomic E-state index is -1.01. The molecule has 0 fully saturated rings. The monoisotopic (exact) mass is 749 g/mol. The number of carbonyl (C=O) groups is 3. The molecular weight excluding hydrogens is 661 g/mol. The molecule has 0 spiro atoms. The molecule has 7 nitrogen and oxygen atoms in total. The third-order valence-corrected chi connectivity index (χ3v) is 10.6. The average Bonchev–Trinajstić information content (AvgIpc) is 3.14. The molecule has 0 aliphatic carbocycles. The largest absolute Gasteiger partial charge is 0.480 e. The molecule has 0 saturated carbocycles. The fraction of sp³-hybridized carbons (Fsp3) is 0.891. The first-order valence-electron chi connectivity index (χ1n) is 23.0. The molecule has 4 N–H and O–H groups in total. The Hall–Kier alpha value is -1.89. The second-order valence-corrected chi connectivity index (χ2v) is 15.8. The van der Waals surface area contributed by atoms with Crippen molar-refractivity contribution in [2.45, 2.75) is 257 Å². The molecule has 7 heteroatoms. The average molecular weight is 749 g/mol. The van der Waals surface area contributed by atoms with Crippen LogP contribution in [0.1, 0.15) is 245 Å². The van der Waals surface area contributed by atoms with Gasteiger partial charge in [-0.05, 0) is 64.0 Å². The minimum Gasteiger partial charge on any atom is -0.480 e. The van der Waals surface area contributed by atoms with Gasteiger partial charge in [0.25, 0.3) is 0 Å². The highest BCUT2D eigenvalue weighted by molar-refractivity contribution is 5.83. The molecule has 0 aromatic heterocycles. The summed E-state index contributed by atoms with van der Waals surface area (Å²) in [6.07, 6.45) is 45.8. The molecule has 0 bridgehead atoms. The first kappa shape index (κ1) is 51.1. The highest BCUT2D eigenvalue weighted by Gasteiger charge is 2.19. The highest BCUT2D eigenvalue weighted by Crippen LogP contribution is 2.17. The number of carbonyl (C=O) groups excluding carboxylic acids is 2. The lowest BCUT2D eigenvalue weighted by molar-refractivity contribution is -0.147. The maximum Gasteiger partial charge on any atom is 0.326 e. The van der Waals surface area contributed by atoms with E-state index in [4.69, 9.17) is 10.5 Å². The second-order valence-electron chi connectivity index (χ2n) is 15.8. The Balaban J connectivity index is 4.04. The van der Waals surface area contributed by atoms with Crippen molar-refractivity contribution < 1.29 is 24.2 Å². The van der Waals surface area contributed by atoms with Gasteiger partial charge in [-0.3, -0.25) is 9.59 Å². The van der Waals surface area contributed by atoms with Crippen LogP contribution in [0.5, 0.6) is 0 Å². The summed E-state index contributed by atoms with van der Waals surface area (Å²) in [5, 5.41) is 11.9. The molecule has 53 heavy (non-hydrogen) atoms. The topological polar surface area (TPSA) is 119 Å². The van der Waals surface area contributed by atoms with Crippen molar-refractivity contribution in [2.75, 3.05) is 6.54 Å². The van der Waals surface area contributed by atoms with Gasteiger partial charge >= 0.3 is 11.9 Å². The number of carboxylic acids is 1. The predicted molar refractivity (Wildman–Crippen MR) is 225 cm³/mol. The summed E-state index contributed by atoms with van der Waals surface area (Å²) in [6.45, 7) is 4.93. The fourth-order valence-electron chi connectivity index (χ4n) is 7.07. The SMILES string of the molecule is CCCCCCC/C=C\C(CCCCCCC(=O)NC(CCCN)C(=O)O)OC(=O)CCCCCCCCCCCCCCCCCCCCCCC. The summed E-state index contributed by atoms with van der Waals surface area (Å²) in [6, 6.07) is -0.867. The van der Waals surface area contributed by atoms with Gasteiger partial charge in [-0.15, -0.1) is 0 Å². The molecule has 0 rings (SSSR count). The van der Waals surface area contributed by atoms with Gasteiger partial charge in [0.05, 0.1) is 0 Å². The fourth-order valence-corrected chi connectivity index (χ4v) is 7.07. The summed E-state index contributed by atoms with van der Waals surface area (Å²) < 4.78 is 5.93. The van der Waals surface area contributed by atoms with Crippen molar-refractivity contribution in [2.24, 2.45) is 5.73 Å². The lowest BCUT2D eigenvalue weighted by Crippen LogP contribution is -2.40. The Morgan fingerprint density at radius 1 is 0.547 bits per heavy atom. The van der Waals surface area contributed by atoms with E-state index in [1.54, 1.807) is 0 Å². The van der Waals surface area contributed by atoms with Crippen LogP contribution < -0.4 is 11.1 Å². The van der Waals surface area contributed by atoms with Crippen LogP contribution in [0.4, 0.5) is 0 Å². The number of allylic oxidation sites excluding steroid dienone is 1. The Labute approximate surface area is 328 Å². The molecule has 1 amide bonds. The number of esters is 1. The van der Waals surface area contributed by atoms with Gasteiger partial charge in [-0.2, -0.15) is 0 Å². The molecule has 0 aromatic rings. The molecule has 0 aromatic carbocycles. The number of aliphatic carboxylic acids is 1. The van der Waals surface area contributed by atoms with Gasteiger partial charge in [0, 0.05) is 12.8 Å². The standard InChI is InChI=1S/C46H88N2O5/c1-3-5-7-9-11-12-13-14-15-16-17-18-19-20-21-22-23-24-26-28-34-40-45(50)53-42(36-31-27-25-10-8-6-4-2)37-32-29-30-33-39-44(49)48-43(46(51)52)38-35-41-47/h31,36,42-43H,3-30,32-35,37-41,47H2,1-2H3,(H,48,49)(H,51,52)/b36-31-. The van der Waals surface area contributed by atoms with E-state index >= 15 is 0 Å². The summed E-state index contributed by atoms with van der Waals surface area (Å²) in [4.78, 5) is 36.3. The number of unbranched alkanes of at least 4 members (excludes halogenated alkanes) is 28. The van der Waals surface area contributed by atoms with Crippen molar-refractivity contribution in [3.63, 3.8) is 0 Å². The Kier molecular flexibility index (Phi) is 39.8. The molecule has 0 saturated heterocycles. The Bertz CT molecular complexity index is 848. The van der Waals surface area contributed by atoms with E-state index in [-0.39, 0.29) is 18.0 Å². The van der Waals surface area contributed by atoms with Crippen LogP contribution in [0.15, 0.2) is 12.2 Å². The zero-order valence-electron chi connectivity index (χ0n) is 35.1. The quantitative estimate of drug-likeness (QED) is 0.0325. The highest BCUT2D eigenvalue weighted by atomic mass is 16.5. The Morgan fingerprint density at radius 2 is 0.962 bits per heavy atom. The summed E-state index contributed by atoms with van der Waals surface area (Å²) in [7, 11) is 0. The minimum absolute atomic E-state index is 0.0836. The number of carboxylic acid groups (broad SMARTS) is 1. The van der Waals surface area contributed by atoms with Crippen LogP contribution in [-0.4, -0.2) is 41.6 Å². The lowest BCUT2D eigenvalue weighted by Gasteiger charge is -2.15. The van der Waals surface area contributed by atoms with Crippen LogP contribution in [0.25, 0.3) is 0 Å². The molecular formula is C46H88N2O5. The van der Waals surface area contributed by atoms with Crippen molar-refractivity contribution in [3.8, 4) is 0 Å². The number of rotatable bonds is 42. The summed E-state index contributed by atoms with van der Waals surface area (Å²) >= 11 is 0. The zero-order chi connectivity index (χ0) is 38.9. The smallest absolute Gasteiger partial charge is 0.326 e. The van der Waals surface area contributed by atoms with E-state index in [1.807, 2.05) is 0 Å². The van der Waals surface area contributed by atoms with Crippen molar-refractivity contribution in [1.82, 2.24) is 5.32 Å². The van der Waals surface area contributed by atoms with Gasteiger partial charge in [0.2, 0.25) is 5.91 Å². The van der Waals surface area contributed by atoms with Crippen molar-refractivity contribution in [3.05, 3.63) is 12.2 Å². The van der Waals surface area contributed by atoms with Crippen LogP contribution in [-0.2, 0) is 19.1 Å². The number of hydrogen-bond donors (Lipinski definition) is 3. The van der Waals surface area contributed by atoms with Gasteiger partial charge in [0.15, 0.2) is 0 Å². The van der Waals surface area contributed by atoms with Gasteiger partial charge in [-0.25, -0.2) is 4.79 Å². The van der Waals surface area contributed by atoms with Crippen molar-refractivity contribution in [1.29, 1.82) is 0 Å². The second kappa shape index (κ2) is 41.3. The third-order valence-electron chi connectivity index (χ3n) is 10.6. The molecule has 0 heterocycles. The maximum atomic E-state index is 12.7. The Morgan fingerprint density at radius 3 is 1.42 bits per heavy atom. The number of hydrogen-bond acceptors (Lipinski definition) is 5. The van der Waals surface area contributed by atoms with Crippen LogP contribution >= 0.6 is 0 Å². The van der Waals surface area contributed by atoms with E-state index in [0.717, 1.165) is 44.9 Å². The first-order chi connectivity index (χ1) is 25.9. The van der Waals surface area contributed by atoms with Gasteiger partial charge in [0.1, 0.15) is 12.1 Å². The van der Waals surface area contributed by atoms with Crippen molar-refractivity contribution >= 4 is 17.8 Å². The van der Waals surface area contributed by atoms with Crippen LogP contribution in [0, 0.1) is 0 Å². The summed E-state index contributed by atoms with van der Waals surface area (Å²) in [5.74, 6) is -1.31. The van der Waals surface area contributed by atoms with E-state index in [0.29, 0.717) is 38.6 Å². The maximum absolute atomic E-state index is 12.7. The lowest BCUT2D eigenvalue weighted by atomic mass is 10.0.